The third-order valence-electron chi connectivity index (χ3n) is 3.21. The Morgan fingerprint density at radius 1 is 1.56 bits per heavy atom. The molecule has 1 aliphatic rings. The number of nitrogens with zero attached hydrogens (tertiary/aromatic N) is 1. The fourth-order valence-corrected chi connectivity index (χ4v) is 1.98. The van der Waals surface area contributed by atoms with Crippen molar-refractivity contribution in [2.24, 2.45) is 0 Å². The summed E-state index contributed by atoms with van der Waals surface area (Å²) < 4.78 is 0. The highest BCUT2D eigenvalue weighted by molar-refractivity contribution is 5.78. The molecule has 0 heterocycles. The molecule has 1 aliphatic carbocycles. The summed E-state index contributed by atoms with van der Waals surface area (Å²) in [5, 5.41) is 12.4. The van der Waals surface area contributed by atoms with Crippen LogP contribution in [0.15, 0.2) is 0 Å². The molecular weight excluding hydrogens is 204 g/mol. The molecule has 4 heteroatoms. The lowest BCUT2D eigenvalue weighted by atomic mass is 9.96. The Kier molecular flexibility index (Phi) is 4.33. The Hall–Kier alpha value is -0.610. The number of hydrogen-bond donors (Lipinski definition) is 2. The van der Waals surface area contributed by atoms with E-state index in [9.17, 15) is 9.90 Å². The van der Waals surface area contributed by atoms with Crippen molar-refractivity contribution >= 4 is 5.97 Å². The topological polar surface area (TPSA) is 52.6 Å². The third kappa shape index (κ3) is 3.76. The molecule has 0 aromatic rings. The van der Waals surface area contributed by atoms with E-state index >= 15 is 0 Å². The molecule has 1 rings (SSSR count). The summed E-state index contributed by atoms with van der Waals surface area (Å²) in [7, 11) is 2.08. The first-order chi connectivity index (χ1) is 7.35. The molecule has 1 fully saturated rings. The Morgan fingerprint density at radius 3 is 2.50 bits per heavy atom. The van der Waals surface area contributed by atoms with Gasteiger partial charge in [-0.25, -0.2) is 0 Å². The van der Waals surface area contributed by atoms with Crippen LogP contribution in [0.5, 0.6) is 0 Å². The molecule has 0 spiro atoms. The minimum absolute atomic E-state index is 0.187. The van der Waals surface area contributed by atoms with Gasteiger partial charge in [0.25, 0.3) is 0 Å². The van der Waals surface area contributed by atoms with Crippen molar-refractivity contribution < 1.29 is 9.90 Å². The lowest BCUT2D eigenvalue weighted by molar-refractivity contribution is -0.144. The number of rotatable bonds is 7. The van der Waals surface area contributed by atoms with E-state index in [2.05, 4.69) is 17.3 Å². The van der Waals surface area contributed by atoms with Gasteiger partial charge >= 0.3 is 5.97 Å². The number of carbonyl (C=O) groups is 1. The predicted molar refractivity (Wildman–Crippen MR) is 64.6 cm³/mol. The molecule has 0 saturated heterocycles. The minimum atomic E-state index is -0.808. The van der Waals surface area contributed by atoms with Crippen molar-refractivity contribution in [2.45, 2.75) is 57.7 Å². The zero-order chi connectivity index (χ0) is 12.3. The highest BCUT2D eigenvalue weighted by Gasteiger charge is 2.35. The SMILES string of the molecule is CC(C)NC(C)(CCN(C)C1CC1)C(=O)O. The first-order valence-electron chi connectivity index (χ1n) is 6.06. The van der Waals surface area contributed by atoms with Gasteiger partial charge in [0.2, 0.25) is 0 Å². The van der Waals surface area contributed by atoms with Crippen LogP contribution in [0.2, 0.25) is 0 Å². The standard InChI is InChI=1S/C12H24N2O2/c1-9(2)13-12(3,11(15)16)7-8-14(4)10-5-6-10/h9-10,13H,5-8H2,1-4H3,(H,15,16). The molecular formula is C12H24N2O2. The molecule has 16 heavy (non-hydrogen) atoms. The maximum Gasteiger partial charge on any atom is 0.323 e. The van der Waals surface area contributed by atoms with Crippen LogP contribution in [0.4, 0.5) is 0 Å². The molecule has 0 aliphatic heterocycles. The van der Waals surface area contributed by atoms with Crippen LogP contribution in [-0.2, 0) is 4.79 Å². The molecule has 4 nitrogen and oxygen atoms in total. The fraction of sp³-hybridized carbons (Fsp3) is 0.917. The van der Waals surface area contributed by atoms with Crippen molar-refractivity contribution in [3.8, 4) is 0 Å². The Balaban J connectivity index is 2.45. The second-order valence-corrected chi connectivity index (χ2v) is 5.40. The molecule has 1 saturated carbocycles. The van der Waals surface area contributed by atoms with Crippen LogP contribution in [0.1, 0.15) is 40.0 Å². The monoisotopic (exact) mass is 228 g/mol. The van der Waals surface area contributed by atoms with Crippen LogP contribution >= 0.6 is 0 Å². The number of carboxylic acids is 1. The maximum atomic E-state index is 11.3. The normalized spacial score (nSPS) is 20.1. The summed E-state index contributed by atoms with van der Waals surface area (Å²) in [6.07, 6.45) is 3.17. The maximum absolute atomic E-state index is 11.3. The average molecular weight is 228 g/mol. The Morgan fingerprint density at radius 2 is 2.12 bits per heavy atom. The van der Waals surface area contributed by atoms with Crippen molar-refractivity contribution in [2.75, 3.05) is 13.6 Å². The van der Waals surface area contributed by atoms with Gasteiger partial charge in [-0.15, -0.1) is 0 Å². The van der Waals surface area contributed by atoms with Crippen LogP contribution in [0.25, 0.3) is 0 Å². The average Bonchev–Trinajstić information content (AvgIpc) is 2.95. The Labute approximate surface area is 98.0 Å². The molecule has 0 bridgehead atoms. The van der Waals surface area contributed by atoms with Crippen molar-refractivity contribution in [1.82, 2.24) is 10.2 Å². The molecule has 1 unspecified atom stereocenters. The second kappa shape index (κ2) is 5.15. The lowest BCUT2D eigenvalue weighted by Gasteiger charge is -2.30. The van der Waals surface area contributed by atoms with E-state index in [4.69, 9.17) is 0 Å². The quantitative estimate of drug-likeness (QED) is 0.690. The fourth-order valence-electron chi connectivity index (χ4n) is 1.98. The summed E-state index contributed by atoms with van der Waals surface area (Å²) in [4.78, 5) is 13.5. The molecule has 0 aromatic carbocycles. The predicted octanol–water partition coefficient (Wildman–Crippen LogP) is 1.31. The molecule has 94 valence electrons. The van der Waals surface area contributed by atoms with Gasteiger partial charge in [0.05, 0.1) is 0 Å². The zero-order valence-electron chi connectivity index (χ0n) is 10.8. The minimum Gasteiger partial charge on any atom is -0.480 e. The van der Waals surface area contributed by atoms with Crippen molar-refractivity contribution in [3.63, 3.8) is 0 Å². The van der Waals surface area contributed by atoms with E-state index in [1.54, 1.807) is 6.92 Å². The van der Waals surface area contributed by atoms with E-state index in [1.165, 1.54) is 12.8 Å². The van der Waals surface area contributed by atoms with E-state index in [-0.39, 0.29) is 6.04 Å². The van der Waals surface area contributed by atoms with Gasteiger partial charge < -0.3 is 10.0 Å². The van der Waals surface area contributed by atoms with E-state index in [0.29, 0.717) is 12.5 Å². The summed E-state index contributed by atoms with van der Waals surface area (Å²) in [6, 6.07) is 0.879. The van der Waals surface area contributed by atoms with Gasteiger partial charge in [-0.05, 0) is 47.1 Å². The zero-order valence-corrected chi connectivity index (χ0v) is 10.8. The first-order valence-corrected chi connectivity index (χ1v) is 6.06. The molecule has 0 radical (unpaired) electrons. The van der Waals surface area contributed by atoms with Gasteiger partial charge in [0, 0.05) is 18.6 Å². The van der Waals surface area contributed by atoms with Crippen LogP contribution < -0.4 is 5.32 Å². The second-order valence-electron chi connectivity index (χ2n) is 5.40. The summed E-state index contributed by atoms with van der Waals surface area (Å²) in [5.41, 5.74) is -0.808. The highest BCUT2D eigenvalue weighted by atomic mass is 16.4. The number of hydrogen-bond acceptors (Lipinski definition) is 3. The van der Waals surface area contributed by atoms with E-state index < -0.39 is 11.5 Å². The number of carboxylic acid groups (broad SMARTS) is 1. The van der Waals surface area contributed by atoms with Crippen LogP contribution in [-0.4, -0.2) is 47.2 Å². The lowest BCUT2D eigenvalue weighted by Crippen LogP contribution is -2.53. The van der Waals surface area contributed by atoms with Crippen LogP contribution in [0.3, 0.4) is 0 Å². The van der Waals surface area contributed by atoms with Gasteiger partial charge in [-0.1, -0.05) is 0 Å². The smallest absolute Gasteiger partial charge is 0.323 e. The van der Waals surface area contributed by atoms with Gasteiger partial charge in [-0.2, -0.15) is 0 Å². The Bertz CT molecular complexity index is 251. The summed E-state index contributed by atoms with van der Waals surface area (Å²) in [6.45, 7) is 6.57. The third-order valence-corrected chi connectivity index (χ3v) is 3.21. The van der Waals surface area contributed by atoms with E-state index in [1.807, 2.05) is 13.8 Å². The summed E-state index contributed by atoms with van der Waals surface area (Å²) in [5.74, 6) is -0.759. The molecule has 0 aromatic heterocycles. The van der Waals surface area contributed by atoms with Gasteiger partial charge in [-0.3, -0.25) is 10.1 Å². The van der Waals surface area contributed by atoms with Crippen molar-refractivity contribution in [1.29, 1.82) is 0 Å². The highest BCUT2D eigenvalue weighted by Crippen LogP contribution is 2.26. The number of nitrogens with one attached hydrogen (secondary N) is 1. The van der Waals surface area contributed by atoms with Gasteiger partial charge in [0.1, 0.15) is 5.54 Å². The van der Waals surface area contributed by atoms with E-state index in [0.717, 1.165) is 6.54 Å². The molecule has 2 N–H and O–H groups in total. The largest absolute Gasteiger partial charge is 0.480 e. The number of aliphatic carboxylic acids is 1. The molecule has 1 atom stereocenters. The molecule has 0 amide bonds. The summed E-state index contributed by atoms with van der Waals surface area (Å²) >= 11 is 0. The van der Waals surface area contributed by atoms with Gasteiger partial charge in [0.15, 0.2) is 0 Å². The van der Waals surface area contributed by atoms with Crippen LogP contribution in [0, 0.1) is 0 Å². The van der Waals surface area contributed by atoms with Crippen molar-refractivity contribution in [3.05, 3.63) is 0 Å². The first kappa shape index (κ1) is 13.5.